The molecule has 2 aromatic carbocycles. The highest BCUT2D eigenvalue weighted by atomic mass is 35.5. The Morgan fingerprint density at radius 3 is 2.18 bits per heavy atom. The van der Waals surface area contributed by atoms with E-state index in [2.05, 4.69) is 29.8 Å². The van der Waals surface area contributed by atoms with Crippen LogP contribution in [0.15, 0.2) is 60.8 Å². The SMILES string of the molecule is CN(C(=O)N(c1nn(CC(F)(F)F)c2c(-c3ccc(CCC(C)(C)S(C)(=O)=O)nc3[C@H](Cc3cc(F)cc(F)c3)NC(=O)Cn3nc(C(F)(F)F)c4c3C(F)(F)C3C[C@H]43)ccc(Cl)c12)S(C)(=O)=O)c1ncccc1CN(CC(=O)O)C(=O)OCOP(=O)(O)O. The molecule has 4 aromatic heterocycles. The maximum absolute atomic E-state index is 15.8. The molecule has 3 atom stereocenters. The van der Waals surface area contributed by atoms with Crippen molar-refractivity contribution in [2.24, 2.45) is 5.92 Å². The fraction of sp³-hybridized carbons (Fsp3) is 0.412. The van der Waals surface area contributed by atoms with E-state index in [4.69, 9.17) is 26.4 Å². The van der Waals surface area contributed by atoms with Gasteiger partial charge in [0.05, 0.1) is 45.2 Å². The van der Waals surface area contributed by atoms with Crippen molar-refractivity contribution in [3.63, 3.8) is 0 Å². The Morgan fingerprint density at radius 1 is 0.933 bits per heavy atom. The van der Waals surface area contributed by atoms with E-state index in [1.165, 1.54) is 32.0 Å². The maximum atomic E-state index is 15.8. The van der Waals surface area contributed by atoms with E-state index in [-0.39, 0.29) is 55.3 Å². The number of nitrogens with one attached hydrogen (secondary N) is 1. The Bertz CT molecular complexity index is 4090. The number of sulfonamides is 1. The summed E-state index contributed by atoms with van der Waals surface area (Å²) in [4.78, 5) is 81.7. The number of pyridine rings is 2. The number of sulfone groups is 1. The van der Waals surface area contributed by atoms with Gasteiger partial charge in [-0.25, -0.2) is 49.3 Å². The standard InChI is InChI=1S/C51H50ClF10N10O14PS2/c1-48(2,88(4,81)82)13-12-29-8-9-30(40(64-29)35(17-25-15-27(53)18-28(54)16-25)65-36(73)21-70-43-38(42(66-70)51(60,61)62)32-19-33(32)50(43,58)59)31-10-11-34(52)39-41(31)71(23-49(55,56)57)67-45(39)72(89(5,83)84)46(76)68(3)44-26(7-6-14-63-44)20-69(22-37(74)75)47(77)85-24-86-87(78,79)80/h6-11,14-16,18,32-33,35H,12-13,17,19-24H2,1-5H3,(H,65,73)(H,74,75)(H2,78,79,80)/t32-,33?,35-/m0/s1. The van der Waals surface area contributed by atoms with Crippen LogP contribution in [-0.4, -0.2) is 134 Å². The summed E-state index contributed by atoms with van der Waals surface area (Å²) in [5, 5.41) is 18.1. The zero-order chi connectivity index (χ0) is 66.1. The molecular formula is C51H50ClF10N10O14PS2. The molecule has 2 aliphatic carbocycles. The smallest absolute Gasteiger partial charge is 0.472 e. The lowest BCUT2D eigenvalue weighted by Crippen LogP contribution is -2.46. The first-order valence-electron chi connectivity index (χ1n) is 25.8. The molecule has 8 rings (SSSR count). The highest BCUT2D eigenvalue weighted by Crippen LogP contribution is 2.68. The molecule has 4 heterocycles. The van der Waals surface area contributed by atoms with Crippen molar-refractivity contribution >= 4 is 85.8 Å². The van der Waals surface area contributed by atoms with Crippen molar-refractivity contribution in [2.75, 3.05) is 42.1 Å². The van der Waals surface area contributed by atoms with Gasteiger partial charge in [-0.3, -0.25) is 33.7 Å². The minimum atomic E-state index is -5.27. The number of fused-ring (bicyclic) bond motifs is 4. The number of aryl methyl sites for hydroxylation is 1. The molecule has 24 nitrogen and oxygen atoms in total. The van der Waals surface area contributed by atoms with Crippen LogP contribution in [0.5, 0.6) is 0 Å². The van der Waals surface area contributed by atoms with Crippen LogP contribution in [0.2, 0.25) is 5.02 Å². The Morgan fingerprint density at radius 2 is 1.58 bits per heavy atom. The highest BCUT2D eigenvalue weighted by Gasteiger charge is 2.68. The number of aliphatic carboxylic acids is 1. The predicted molar refractivity (Wildman–Crippen MR) is 292 cm³/mol. The normalized spacial score (nSPS) is 16.2. The molecule has 1 saturated carbocycles. The van der Waals surface area contributed by atoms with Crippen LogP contribution >= 0.6 is 19.4 Å². The molecular weight excluding hydrogens is 1300 g/mol. The van der Waals surface area contributed by atoms with E-state index in [0.717, 1.165) is 49.8 Å². The minimum Gasteiger partial charge on any atom is -0.480 e. The summed E-state index contributed by atoms with van der Waals surface area (Å²) in [6.45, 7) is -4.15. The molecule has 0 saturated heterocycles. The second kappa shape index (κ2) is 24.4. The zero-order valence-corrected chi connectivity index (χ0v) is 49.9. The second-order valence-corrected chi connectivity index (χ2v) is 27.5. The number of aromatic nitrogens is 6. The number of nitrogens with zero attached hydrogens (tertiary/aromatic N) is 9. The Kier molecular flexibility index (Phi) is 18.5. The van der Waals surface area contributed by atoms with Gasteiger partial charge >= 0.3 is 38.3 Å². The summed E-state index contributed by atoms with van der Waals surface area (Å²) in [7, 11) is -13.3. The molecule has 6 aromatic rings. The van der Waals surface area contributed by atoms with Crippen molar-refractivity contribution in [3.8, 4) is 11.1 Å². The number of phosphoric acid groups is 1. The molecule has 1 fully saturated rings. The summed E-state index contributed by atoms with van der Waals surface area (Å²) in [6.07, 6.45) is -11.2. The third-order valence-electron chi connectivity index (χ3n) is 14.5. The van der Waals surface area contributed by atoms with E-state index >= 15 is 17.6 Å². The Hall–Kier alpha value is -7.50. The van der Waals surface area contributed by atoms with E-state index in [0.29, 0.717) is 22.1 Å². The molecule has 0 bridgehead atoms. The second-order valence-electron chi connectivity index (χ2n) is 21.4. The number of benzene rings is 2. The van der Waals surface area contributed by atoms with Crippen LogP contribution in [0.3, 0.4) is 0 Å². The number of phosphoric ester groups is 1. The molecule has 4 amide bonds. The van der Waals surface area contributed by atoms with E-state index in [1.54, 1.807) is 0 Å². The minimum absolute atomic E-state index is 0.0268. The number of rotatable bonds is 22. The van der Waals surface area contributed by atoms with Gasteiger partial charge in [0.1, 0.15) is 42.8 Å². The number of alkyl halides is 8. The number of hydrogen-bond donors (Lipinski definition) is 4. The molecule has 38 heteroatoms. The first-order valence-corrected chi connectivity index (χ1v) is 31.4. The van der Waals surface area contributed by atoms with Gasteiger partial charge in [-0.15, -0.1) is 0 Å². The summed E-state index contributed by atoms with van der Waals surface area (Å²) in [5.41, 5.74) is -6.28. The van der Waals surface area contributed by atoms with Gasteiger partial charge in [0.25, 0.3) is 5.92 Å². The monoisotopic (exact) mass is 1350 g/mol. The maximum Gasteiger partial charge on any atom is 0.472 e. The molecule has 0 radical (unpaired) electrons. The fourth-order valence-electron chi connectivity index (χ4n) is 10.1. The van der Waals surface area contributed by atoms with E-state index in [1.807, 2.05) is 0 Å². The first-order chi connectivity index (χ1) is 41.0. The topological polar surface area (TPSA) is 316 Å². The molecule has 0 aliphatic heterocycles. The van der Waals surface area contributed by atoms with Crippen LogP contribution in [0.4, 0.5) is 65.1 Å². The predicted octanol–water partition coefficient (Wildman–Crippen LogP) is 8.38. The Balaban J connectivity index is 1.30. The van der Waals surface area contributed by atoms with Gasteiger partial charge in [-0.2, -0.15) is 49.6 Å². The first kappa shape index (κ1) is 67.4. The van der Waals surface area contributed by atoms with Crippen LogP contribution < -0.4 is 14.5 Å². The lowest BCUT2D eigenvalue weighted by molar-refractivity contribution is -0.143. The number of halogens is 11. The van der Waals surface area contributed by atoms with Crippen molar-refractivity contribution < 1.29 is 109 Å². The molecule has 2 aliphatic rings. The van der Waals surface area contributed by atoms with Crippen molar-refractivity contribution in [3.05, 3.63) is 117 Å². The van der Waals surface area contributed by atoms with Gasteiger partial charge in [-0.05, 0) is 81.3 Å². The molecule has 1 unspecified atom stereocenters. The average molecular weight is 1350 g/mol. The lowest BCUT2D eigenvalue weighted by Gasteiger charge is -2.27. The summed E-state index contributed by atoms with van der Waals surface area (Å²) in [5.74, 6) is -13.8. The van der Waals surface area contributed by atoms with Crippen molar-refractivity contribution in [1.82, 2.24) is 39.7 Å². The van der Waals surface area contributed by atoms with Crippen molar-refractivity contribution in [2.45, 2.75) is 94.1 Å². The third-order valence-corrected chi connectivity index (χ3v) is 18.4. The highest BCUT2D eigenvalue weighted by molar-refractivity contribution is 7.93. The molecule has 89 heavy (non-hydrogen) atoms. The van der Waals surface area contributed by atoms with Gasteiger partial charge < -0.3 is 24.9 Å². The van der Waals surface area contributed by atoms with Gasteiger partial charge in [0.15, 0.2) is 21.3 Å². The summed E-state index contributed by atoms with van der Waals surface area (Å²) < 4.78 is 222. The van der Waals surface area contributed by atoms with Gasteiger partial charge in [-0.1, -0.05) is 29.8 Å². The van der Waals surface area contributed by atoms with Crippen LogP contribution in [0.1, 0.15) is 78.1 Å². The largest absolute Gasteiger partial charge is 0.480 e. The number of amides is 4. The van der Waals surface area contributed by atoms with Crippen LogP contribution in [0, 0.1) is 17.6 Å². The van der Waals surface area contributed by atoms with Gasteiger partial charge in [0, 0.05) is 59.4 Å². The molecule has 482 valence electrons. The number of urea groups is 1. The fourth-order valence-corrected chi connectivity index (χ4v) is 11.8. The number of carboxylic acids is 1. The number of carboxylic acid groups (broad SMARTS) is 1. The van der Waals surface area contributed by atoms with Gasteiger partial charge in [0.2, 0.25) is 22.7 Å². The molecule has 0 spiro atoms. The van der Waals surface area contributed by atoms with Crippen LogP contribution in [0.25, 0.3) is 22.0 Å². The number of carbonyl (C=O) groups is 4. The number of ether oxygens (including phenoxy) is 1. The van der Waals surface area contributed by atoms with Crippen molar-refractivity contribution in [1.29, 1.82) is 0 Å². The molecule has 4 N–H and O–H groups in total. The van der Waals surface area contributed by atoms with E-state index < -0.39 is 199 Å². The van der Waals surface area contributed by atoms with E-state index in [9.17, 15) is 72.0 Å². The summed E-state index contributed by atoms with van der Waals surface area (Å²) in [6, 6.07) is 5.33. The Labute approximate surface area is 502 Å². The number of hydrogen-bond acceptors (Lipinski definition) is 15. The zero-order valence-electron chi connectivity index (χ0n) is 46.6. The van der Waals surface area contributed by atoms with Crippen LogP contribution in [-0.2, 0) is 87.9 Å². The third kappa shape index (κ3) is 14.9. The number of anilines is 2. The average Bonchev–Trinajstić information content (AvgIpc) is 1.53. The number of carbonyl (C=O) groups excluding carboxylic acids is 3. The lowest BCUT2D eigenvalue weighted by atomic mass is 9.93. The summed E-state index contributed by atoms with van der Waals surface area (Å²) >= 11 is 6.78. The quantitative estimate of drug-likeness (QED) is 0.0282.